The smallest absolute Gasteiger partial charge is 0.339 e. The first-order chi connectivity index (χ1) is 7.11. The fraction of sp³-hybridized carbons (Fsp3) is 0.100. The zero-order chi connectivity index (χ0) is 11.0. The quantitative estimate of drug-likeness (QED) is 0.535. The molecule has 0 aliphatic rings. The molecule has 0 radical (unpaired) electrons. The highest BCUT2D eigenvalue weighted by molar-refractivity contribution is 5.96. The second-order valence-electron chi connectivity index (χ2n) is 3.12. The zero-order valence-corrected chi connectivity index (χ0v) is 8.11. The van der Waals surface area contributed by atoms with E-state index in [-0.39, 0.29) is 0 Å². The summed E-state index contributed by atoms with van der Waals surface area (Å²) in [5.41, 5.74) is 12.0. The molecule has 5 heteroatoms. The van der Waals surface area contributed by atoms with Crippen LogP contribution in [0.4, 0.5) is 11.4 Å². The lowest BCUT2D eigenvalue weighted by molar-refractivity contribution is 0.413. The third kappa shape index (κ3) is 1.48. The number of nitrogen functional groups attached to an aromatic ring is 2. The Bertz CT molecular complexity index is 575. The number of methoxy groups -OCH3 is 1. The molecule has 0 aliphatic heterocycles. The maximum atomic E-state index is 11.2. The Labute approximate surface area is 85.2 Å². The number of fused-ring (bicyclic) bond motifs is 1. The fourth-order valence-electron chi connectivity index (χ4n) is 1.48. The fourth-order valence-corrected chi connectivity index (χ4v) is 1.48. The van der Waals surface area contributed by atoms with Gasteiger partial charge in [0.1, 0.15) is 11.3 Å². The molecular weight excluding hydrogens is 196 g/mol. The summed E-state index contributed by atoms with van der Waals surface area (Å²) in [7, 11) is 1.46. The lowest BCUT2D eigenvalue weighted by Crippen LogP contribution is -2.01. The van der Waals surface area contributed by atoms with Gasteiger partial charge in [-0.15, -0.1) is 0 Å². The summed E-state index contributed by atoms with van der Waals surface area (Å²) in [6, 6.07) is 4.37. The molecule has 0 atom stereocenters. The lowest BCUT2D eigenvalue weighted by atomic mass is 10.1. The first-order valence-corrected chi connectivity index (χ1v) is 4.28. The summed E-state index contributed by atoms with van der Waals surface area (Å²) >= 11 is 0. The minimum Gasteiger partial charge on any atom is -0.496 e. The van der Waals surface area contributed by atoms with Gasteiger partial charge in [-0.25, -0.2) is 4.79 Å². The van der Waals surface area contributed by atoms with Gasteiger partial charge in [-0.2, -0.15) is 0 Å². The van der Waals surface area contributed by atoms with Crippen LogP contribution in [0, 0.1) is 0 Å². The summed E-state index contributed by atoms with van der Waals surface area (Å²) in [4.78, 5) is 11.2. The van der Waals surface area contributed by atoms with Gasteiger partial charge >= 0.3 is 5.63 Å². The summed E-state index contributed by atoms with van der Waals surface area (Å²) in [5, 5.41) is 0.561. The molecule has 1 heterocycles. The van der Waals surface area contributed by atoms with Crippen molar-refractivity contribution in [2.45, 2.75) is 0 Å². The topological polar surface area (TPSA) is 91.5 Å². The van der Waals surface area contributed by atoms with Crippen LogP contribution in [0.1, 0.15) is 0 Å². The Morgan fingerprint density at radius 1 is 1.27 bits per heavy atom. The summed E-state index contributed by atoms with van der Waals surface area (Å²) in [6.45, 7) is 0. The highest BCUT2D eigenvalue weighted by atomic mass is 16.5. The summed E-state index contributed by atoms with van der Waals surface area (Å²) in [6.07, 6.45) is 0. The molecule has 2 rings (SSSR count). The Morgan fingerprint density at radius 3 is 2.67 bits per heavy atom. The number of rotatable bonds is 1. The van der Waals surface area contributed by atoms with Gasteiger partial charge in [-0.05, 0) is 6.07 Å². The SMILES string of the molecule is COc1cc(=O)oc2cc(N)cc(N)c12. The van der Waals surface area contributed by atoms with Crippen LogP contribution in [0.3, 0.4) is 0 Å². The molecule has 1 aromatic carbocycles. The number of hydrogen-bond donors (Lipinski definition) is 2. The van der Waals surface area contributed by atoms with Crippen molar-refractivity contribution in [1.29, 1.82) is 0 Å². The largest absolute Gasteiger partial charge is 0.496 e. The zero-order valence-electron chi connectivity index (χ0n) is 8.11. The molecule has 78 valence electrons. The van der Waals surface area contributed by atoms with E-state index in [4.69, 9.17) is 20.6 Å². The minimum absolute atomic E-state index is 0.330. The van der Waals surface area contributed by atoms with Gasteiger partial charge in [0.05, 0.1) is 18.6 Å². The van der Waals surface area contributed by atoms with Crippen molar-refractivity contribution in [1.82, 2.24) is 0 Å². The molecule has 0 unspecified atom stereocenters. The average Bonchev–Trinajstić information content (AvgIpc) is 2.14. The third-order valence-corrected chi connectivity index (χ3v) is 2.08. The lowest BCUT2D eigenvalue weighted by Gasteiger charge is -2.07. The van der Waals surface area contributed by atoms with E-state index in [9.17, 15) is 4.79 Å². The van der Waals surface area contributed by atoms with E-state index in [0.717, 1.165) is 0 Å². The van der Waals surface area contributed by atoms with E-state index in [2.05, 4.69) is 0 Å². The van der Waals surface area contributed by atoms with Crippen LogP contribution >= 0.6 is 0 Å². The Balaban J connectivity index is 2.96. The predicted octanol–water partition coefficient (Wildman–Crippen LogP) is 0.966. The van der Waals surface area contributed by atoms with Gasteiger partial charge in [-0.1, -0.05) is 0 Å². The van der Waals surface area contributed by atoms with Gasteiger partial charge in [0, 0.05) is 17.4 Å². The number of benzene rings is 1. The molecule has 0 saturated heterocycles. The first kappa shape index (κ1) is 9.39. The minimum atomic E-state index is -0.496. The first-order valence-electron chi connectivity index (χ1n) is 4.28. The average molecular weight is 206 g/mol. The Morgan fingerprint density at radius 2 is 2.00 bits per heavy atom. The maximum Gasteiger partial charge on any atom is 0.339 e. The van der Waals surface area contributed by atoms with Crippen molar-refractivity contribution in [3.8, 4) is 5.75 Å². The van der Waals surface area contributed by atoms with Gasteiger partial charge in [0.25, 0.3) is 0 Å². The Hall–Kier alpha value is -2.17. The number of anilines is 2. The molecule has 0 saturated carbocycles. The van der Waals surface area contributed by atoms with E-state index in [0.29, 0.717) is 28.1 Å². The van der Waals surface area contributed by atoms with Gasteiger partial charge in [0.2, 0.25) is 0 Å². The molecule has 0 fully saturated rings. The molecule has 0 bridgehead atoms. The highest BCUT2D eigenvalue weighted by Gasteiger charge is 2.09. The van der Waals surface area contributed by atoms with Crippen LogP contribution in [0.5, 0.6) is 5.75 Å². The second-order valence-corrected chi connectivity index (χ2v) is 3.12. The van der Waals surface area contributed by atoms with Crippen molar-refractivity contribution in [3.05, 3.63) is 28.6 Å². The van der Waals surface area contributed by atoms with E-state index in [1.54, 1.807) is 6.07 Å². The molecule has 5 nitrogen and oxygen atoms in total. The normalized spacial score (nSPS) is 10.5. The van der Waals surface area contributed by atoms with E-state index < -0.39 is 5.63 Å². The van der Waals surface area contributed by atoms with Crippen LogP contribution in [0.15, 0.2) is 27.4 Å². The highest BCUT2D eigenvalue weighted by Crippen LogP contribution is 2.30. The standard InChI is InChI=1S/C10H10N2O3/c1-14-7-4-9(13)15-8-3-5(11)2-6(12)10(7)8/h2-4H,11-12H2,1H3. The maximum absolute atomic E-state index is 11.2. The van der Waals surface area contributed by atoms with Crippen molar-refractivity contribution in [2.75, 3.05) is 18.6 Å². The summed E-state index contributed by atoms with van der Waals surface area (Å²) < 4.78 is 10.0. The number of ether oxygens (including phenoxy) is 1. The van der Waals surface area contributed by atoms with Crippen LogP contribution in [0.25, 0.3) is 11.0 Å². The molecular formula is C10H10N2O3. The van der Waals surface area contributed by atoms with Crippen LogP contribution < -0.4 is 21.8 Å². The van der Waals surface area contributed by atoms with Crippen LogP contribution in [0.2, 0.25) is 0 Å². The van der Waals surface area contributed by atoms with Gasteiger partial charge in [0.15, 0.2) is 0 Å². The molecule has 15 heavy (non-hydrogen) atoms. The van der Waals surface area contributed by atoms with Crippen LogP contribution in [-0.4, -0.2) is 7.11 Å². The van der Waals surface area contributed by atoms with Crippen molar-refractivity contribution in [3.63, 3.8) is 0 Å². The van der Waals surface area contributed by atoms with Crippen molar-refractivity contribution in [2.24, 2.45) is 0 Å². The monoisotopic (exact) mass is 206 g/mol. The molecule has 0 amide bonds. The van der Waals surface area contributed by atoms with Crippen LogP contribution in [-0.2, 0) is 0 Å². The van der Waals surface area contributed by atoms with Crippen molar-refractivity contribution >= 4 is 22.3 Å². The third-order valence-electron chi connectivity index (χ3n) is 2.08. The van der Waals surface area contributed by atoms with E-state index in [1.165, 1.54) is 19.2 Å². The molecule has 0 aliphatic carbocycles. The number of nitrogens with two attached hydrogens (primary N) is 2. The van der Waals surface area contributed by atoms with Crippen molar-refractivity contribution < 1.29 is 9.15 Å². The second kappa shape index (κ2) is 3.20. The van der Waals surface area contributed by atoms with Gasteiger partial charge < -0.3 is 20.6 Å². The molecule has 4 N–H and O–H groups in total. The van der Waals surface area contributed by atoms with Gasteiger partial charge in [-0.3, -0.25) is 0 Å². The van der Waals surface area contributed by atoms with E-state index >= 15 is 0 Å². The number of hydrogen-bond acceptors (Lipinski definition) is 5. The molecule has 0 spiro atoms. The van der Waals surface area contributed by atoms with E-state index in [1.807, 2.05) is 0 Å². The summed E-state index contributed by atoms with van der Waals surface area (Å²) in [5.74, 6) is 0.388. The molecule has 1 aromatic heterocycles. The predicted molar refractivity (Wildman–Crippen MR) is 57.9 cm³/mol. The molecule has 2 aromatic rings. The Kier molecular flexibility index (Phi) is 2.00.